The van der Waals surface area contributed by atoms with Crippen molar-refractivity contribution in [2.45, 2.75) is 77.3 Å². The van der Waals surface area contributed by atoms with Crippen LogP contribution in [0.4, 0.5) is 13.2 Å². The minimum atomic E-state index is -3.98. The first-order valence-electron chi connectivity index (χ1n) is 11.9. The molecule has 0 bridgehead atoms. The van der Waals surface area contributed by atoms with E-state index in [0.29, 0.717) is 30.1 Å². The van der Waals surface area contributed by atoms with Crippen LogP contribution in [0, 0.1) is 58.7 Å². The van der Waals surface area contributed by atoms with Crippen LogP contribution in [0.5, 0.6) is 0 Å². The average molecular weight is 399 g/mol. The third kappa shape index (κ3) is 2.98. The lowest BCUT2D eigenvalue weighted by molar-refractivity contribution is -0.196. The SMILES string of the molecule is COCCCC1C2CC2C2C3CCC4CC(C(F)(F)F)CCC4C3CCC12C. The molecule has 5 aliphatic carbocycles. The number of alkyl halides is 3. The molecule has 160 valence electrons. The third-order valence-corrected chi connectivity index (χ3v) is 10.3. The van der Waals surface area contributed by atoms with E-state index in [9.17, 15) is 13.2 Å². The minimum Gasteiger partial charge on any atom is -0.385 e. The van der Waals surface area contributed by atoms with Gasteiger partial charge in [-0.3, -0.25) is 0 Å². The summed E-state index contributed by atoms with van der Waals surface area (Å²) >= 11 is 0. The fraction of sp³-hybridized carbons (Fsp3) is 1.00. The monoisotopic (exact) mass is 398 g/mol. The van der Waals surface area contributed by atoms with Gasteiger partial charge in [0.05, 0.1) is 5.92 Å². The van der Waals surface area contributed by atoms with E-state index in [-0.39, 0.29) is 0 Å². The zero-order chi connectivity index (χ0) is 19.7. The molecular formula is C24H37F3O. The maximum Gasteiger partial charge on any atom is 0.391 e. The molecule has 5 fully saturated rings. The predicted octanol–water partition coefficient (Wildman–Crippen LogP) is 6.72. The van der Waals surface area contributed by atoms with E-state index in [1.807, 2.05) is 0 Å². The normalized spacial score (nSPS) is 52.4. The van der Waals surface area contributed by atoms with Crippen LogP contribution in [0.1, 0.15) is 71.1 Å². The van der Waals surface area contributed by atoms with Crippen molar-refractivity contribution in [3.63, 3.8) is 0 Å². The van der Waals surface area contributed by atoms with Gasteiger partial charge in [0.1, 0.15) is 0 Å². The molecule has 0 radical (unpaired) electrons. The van der Waals surface area contributed by atoms with Crippen LogP contribution >= 0.6 is 0 Å². The van der Waals surface area contributed by atoms with Gasteiger partial charge in [0.2, 0.25) is 0 Å². The largest absolute Gasteiger partial charge is 0.391 e. The maximum absolute atomic E-state index is 13.3. The van der Waals surface area contributed by atoms with Gasteiger partial charge < -0.3 is 4.74 Å². The molecule has 10 atom stereocenters. The molecule has 5 rings (SSSR count). The molecular weight excluding hydrogens is 361 g/mol. The number of ether oxygens (including phenoxy) is 1. The summed E-state index contributed by atoms with van der Waals surface area (Å²) in [5.41, 5.74) is 0.499. The lowest BCUT2D eigenvalue weighted by Gasteiger charge is -2.57. The number of fused-ring (bicyclic) bond motifs is 7. The molecule has 5 saturated carbocycles. The van der Waals surface area contributed by atoms with Crippen molar-refractivity contribution in [3.05, 3.63) is 0 Å². The van der Waals surface area contributed by atoms with Gasteiger partial charge in [-0.1, -0.05) is 6.92 Å². The first-order chi connectivity index (χ1) is 13.3. The first kappa shape index (κ1) is 19.7. The van der Waals surface area contributed by atoms with Gasteiger partial charge in [-0.25, -0.2) is 0 Å². The summed E-state index contributed by atoms with van der Waals surface area (Å²) in [4.78, 5) is 0. The Labute approximate surface area is 168 Å². The highest BCUT2D eigenvalue weighted by molar-refractivity contribution is 5.17. The number of halogens is 3. The summed E-state index contributed by atoms with van der Waals surface area (Å²) in [5, 5.41) is 0. The Balaban J connectivity index is 1.30. The zero-order valence-electron chi connectivity index (χ0n) is 17.5. The number of methoxy groups -OCH3 is 1. The smallest absolute Gasteiger partial charge is 0.385 e. The third-order valence-electron chi connectivity index (χ3n) is 10.3. The van der Waals surface area contributed by atoms with Crippen LogP contribution in [0.15, 0.2) is 0 Å². The van der Waals surface area contributed by atoms with E-state index < -0.39 is 12.1 Å². The molecule has 1 nitrogen and oxygen atoms in total. The highest BCUT2D eigenvalue weighted by atomic mass is 19.4. The Hall–Kier alpha value is -0.250. The molecule has 28 heavy (non-hydrogen) atoms. The molecule has 0 saturated heterocycles. The van der Waals surface area contributed by atoms with E-state index in [2.05, 4.69) is 6.92 Å². The van der Waals surface area contributed by atoms with Crippen molar-refractivity contribution >= 4 is 0 Å². The standard InChI is InChI=1S/C24H37F3O/c1-23-10-9-17-16-8-6-15(24(25,26)27)12-14(16)5-7-18(17)22(23)20-13-19(20)21(23)4-3-11-28-2/h14-22H,3-13H2,1-2H3. The van der Waals surface area contributed by atoms with Gasteiger partial charge in [-0.15, -0.1) is 0 Å². The quantitative estimate of drug-likeness (QED) is 0.478. The van der Waals surface area contributed by atoms with Gasteiger partial charge in [-0.05, 0) is 117 Å². The summed E-state index contributed by atoms with van der Waals surface area (Å²) in [6.45, 7) is 3.47. The van der Waals surface area contributed by atoms with Crippen LogP contribution in [0.3, 0.4) is 0 Å². The van der Waals surface area contributed by atoms with Crippen molar-refractivity contribution in [1.82, 2.24) is 0 Å². The van der Waals surface area contributed by atoms with Crippen molar-refractivity contribution < 1.29 is 17.9 Å². The fourth-order valence-electron chi connectivity index (χ4n) is 9.26. The summed E-state index contributed by atoms with van der Waals surface area (Å²) in [6, 6.07) is 0. The number of hydrogen-bond donors (Lipinski definition) is 0. The summed E-state index contributed by atoms with van der Waals surface area (Å²) < 4.78 is 45.2. The molecule has 0 spiro atoms. The highest BCUT2D eigenvalue weighted by Gasteiger charge is 2.68. The van der Waals surface area contributed by atoms with Crippen molar-refractivity contribution in [2.24, 2.45) is 58.7 Å². The molecule has 0 aromatic heterocycles. The number of rotatable bonds is 4. The molecule has 10 unspecified atom stereocenters. The highest BCUT2D eigenvalue weighted by Crippen LogP contribution is 2.75. The molecule has 5 aliphatic rings. The zero-order valence-corrected chi connectivity index (χ0v) is 17.5. The molecule has 0 aliphatic heterocycles. The van der Waals surface area contributed by atoms with Crippen molar-refractivity contribution in [3.8, 4) is 0 Å². The van der Waals surface area contributed by atoms with Gasteiger partial charge in [0.25, 0.3) is 0 Å². The Morgan fingerprint density at radius 2 is 1.68 bits per heavy atom. The van der Waals surface area contributed by atoms with Gasteiger partial charge in [0.15, 0.2) is 0 Å². The van der Waals surface area contributed by atoms with Crippen LogP contribution < -0.4 is 0 Å². The molecule has 4 heteroatoms. The Kier molecular flexibility index (Phi) is 4.84. The van der Waals surface area contributed by atoms with E-state index in [0.717, 1.165) is 55.0 Å². The summed E-state index contributed by atoms with van der Waals surface area (Å²) in [5.74, 6) is 5.07. The Morgan fingerprint density at radius 3 is 2.43 bits per heavy atom. The molecule has 0 N–H and O–H groups in total. The predicted molar refractivity (Wildman–Crippen MR) is 104 cm³/mol. The Bertz CT molecular complexity index is 589. The van der Waals surface area contributed by atoms with Gasteiger partial charge in [-0.2, -0.15) is 13.2 Å². The van der Waals surface area contributed by atoms with Gasteiger partial charge >= 0.3 is 6.18 Å². The van der Waals surface area contributed by atoms with Crippen molar-refractivity contribution in [1.29, 1.82) is 0 Å². The van der Waals surface area contributed by atoms with Crippen LogP contribution in [0.2, 0.25) is 0 Å². The lowest BCUT2D eigenvalue weighted by Crippen LogP contribution is -2.50. The molecule has 0 amide bonds. The van der Waals surface area contributed by atoms with E-state index in [1.54, 1.807) is 7.11 Å². The van der Waals surface area contributed by atoms with E-state index in [4.69, 9.17) is 4.74 Å². The van der Waals surface area contributed by atoms with E-state index in [1.165, 1.54) is 38.5 Å². The van der Waals surface area contributed by atoms with E-state index >= 15 is 0 Å². The lowest BCUT2D eigenvalue weighted by atomic mass is 9.48. The maximum atomic E-state index is 13.3. The van der Waals surface area contributed by atoms with Gasteiger partial charge in [0, 0.05) is 13.7 Å². The average Bonchev–Trinajstić information content (AvgIpc) is 3.38. The fourth-order valence-corrected chi connectivity index (χ4v) is 9.26. The summed E-state index contributed by atoms with van der Waals surface area (Å²) in [7, 11) is 1.80. The molecule has 0 aromatic rings. The second kappa shape index (κ2) is 6.89. The van der Waals surface area contributed by atoms with Crippen LogP contribution in [-0.2, 0) is 4.74 Å². The Morgan fingerprint density at radius 1 is 0.893 bits per heavy atom. The van der Waals surface area contributed by atoms with Crippen LogP contribution in [0.25, 0.3) is 0 Å². The second-order valence-corrected chi connectivity index (χ2v) is 11.3. The second-order valence-electron chi connectivity index (χ2n) is 11.3. The van der Waals surface area contributed by atoms with Crippen molar-refractivity contribution in [2.75, 3.05) is 13.7 Å². The molecule has 0 aromatic carbocycles. The summed E-state index contributed by atoms with van der Waals surface area (Å²) in [6.07, 6.45) is 6.51. The first-order valence-corrected chi connectivity index (χ1v) is 11.9. The van der Waals surface area contributed by atoms with Crippen LogP contribution in [-0.4, -0.2) is 19.9 Å². The topological polar surface area (TPSA) is 9.23 Å². The molecule has 0 heterocycles. The minimum absolute atomic E-state index is 0.347. The number of hydrogen-bond acceptors (Lipinski definition) is 1.